The molecule has 128 valence electrons. The average molecular weight is 330 g/mol. The van der Waals surface area contributed by atoms with E-state index in [-0.39, 0.29) is 5.82 Å². The Balaban J connectivity index is 1.70. The van der Waals surface area contributed by atoms with Gasteiger partial charge in [0.2, 0.25) is 0 Å². The average Bonchev–Trinajstić information content (AvgIpc) is 2.60. The number of methoxy groups -OCH3 is 1. The van der Waals surface area contributed by atoms with Gasteiger partial charge in [-0.15, -0.1) is 6.58 Å². The van der Waals surface area contributed by atoms with E-state index >= 15 is 0 Å². The molecule has 2 rings (SSSR count). The van der Waals surface area contributed by atoms with E-state index in [0.29, 0.717) is 19.0 Å². The van der Waals surface area contributed by atoms with Gasteiger partial charge in [-0.3, -0.25) is 0 Å². The van der Waals surface area contributed by atoms with E-state index in [1.807, 2.05) is 24.3 Å². The maximum atomic E-state index is 12.8. The van der Waals surface area contributed by atoms with Crippen molar-refractivity contribution in [3.63, 3.8) is 0 Å². The van der Waals surface area contributed by atoms with Crippen LogP contribution in [0.15, 0.2) is 55.1 Å². The molecule has 0 saturated heterocycles. The maximum Gasteiger partial charge on any atom is 0.161 e. The molecular formula is C20H23FO3. The van der Waals surface area contributed by atoms with Gasteiger partial charge in [0.1, 0.15) is 11.6 Å². The number of halogens is 1. The Bertz CT molecular complexity index is 638. The third kappa shape index (κ3) is 5.61. The molecule has 0 spiro atoms. The Morgan fingerprint density at radius 2 is 1.67 bits per heavy atom. The smallest absolute Gasteiger partial charge is 0.161 e. The number of hydrogen-bond acceptors (Lipinski definition) is 3. The van der Waals surface area contributed by atoms with Crippen LogP contribution in [-0.2, 0) is 6.42 Å². The lowest BCUT2D eigenvalue weighted by molar-refractivity contribution is 0.258. The number of unbranched alkanes of at least 4 members (excludes halogenated alkanes) is 1. The van der Waals surface area contributed by atoms with Gasteiger partial charge in [-0.25, -0.2) is 4.39 Å². The van der Waals surface area contributed by atoms with Gasteiger partial charge in [-0.2, -0.15) is 0 Å². The van der Waals surface area contributed by atoms with Crippen molar-refractivity contribution < 1.29 is 18.6 Å². The van der Waals surface area contributed by atoms with Crippen molar-refractivity contribution in [3.8, 4) is 17.2 Å². The SMILES string of the molecule is C=CCc1ccc(OCCCCOc2ccc(F)cc2)c(OC)c1. The Morgan fingerprint density at radius 1 is 0.958 bits per heavy atom. The minimum atomic E-state index is -0.260. The molecular weight excluding hydrogens is 307 g/mol. The fourth-order valence-electron chi connectivity index (χ4n) is 2.23. The third-order valence-electron chi connectivity index (χ3n) is 3.49. The first-order chi connectivity index (χ1) is 11.7. The van der Waals surface area contributed by atoms with E-state index in [2.05, 4.69) is 6.58 Å². The van der Waals surface area contributed by atoms with Gasteiger partial charge in [-0.1, -0.05) is 12.1 Å². The van der Waals surface area contributed by atoms with Crippen molar-refractivity contribution >= 4 is 0 Å². The molecule has 24 heavy (non-hydrogen) atoms. The van der Waals surface area contributed by atoms with Crippen LogP contribution in [0.25, 0.3) is 0 Å². The van der Waals surface area contributed by atoms with Crippen molar-refractivity contribution in [2.75, 3.05) is 20.3 Å². The summed E-state index contributed by atoms with van der Waals surface area (Å²) in [5.41, 5.74) is 1.14. The molecule has 0 atom stereocenters. The molecule has 2 aromatic carbocycles. The fraction of sp³-hybridized carbons (Fsp3) is 0.300. The topological polar surface area (TPSA) is 27.7 Å². The summed E-state index contributed by atoms with van der Waals surface area (Å²) in [5, 5.41) is 0. The van der Waals surface area contributed by atoms with E-state index < -0.39 is 0 Å². The van der Waals surface area contributed by atoms with E-state index in [1.165, 1.54) is 12.1 Å². The second-order valence-corrected chi connectivity index (χ2v) is 5.34. The lowest BCUT2D eigenvalue weighted by Crippen LogP contribution is -2.03. The van der Waals surface area contributed by atoms with Crippen molar-refractivity contribution in [1.82, 2.24) is 0 Å². The van der Waals surface area contributed by atoms with E-state index in [1.54, 1.807) is 19.2 Å². The van der Waals surface area contributed by atoms with E-state index in [9.17, 15) is 4.39 Å². The van der Waals surface area contributed by atoms with Gasteiger partial charge >= 0.3 is 0 Å². The zero-order chi connectivity index (χ0) is 17.2. The van der Waals surface area contributed by atoms with Gasteiger partial charge in [0.25, 0.3) is 0 Å². The molecule has 0 aliphatic heterocycles. The first-order valence-corrected chi connectivity index (χ1v) is 8.02. The van der Waals surface area contributed by atoms with Gasteiger partial charge < -0.3 is 14.2 Å². The molecule has 3 nitrogen and oxygen atoms in total. The first kappa shape index (κ1) is 17.9. The van der Waals surface area contributed by atoms with Gasteiger partial charge in [0, 0.05) is 0 Å². The molecule has 0 radical (unpaired) electrons. The van der Waals surface area contributed by atoms with Crippen LogP contribution in [0.3, 0.4) is 0 Å². The first-order valence-electron chi connectivity index (χ1n) is 8.02. The second kappa shape index (κ2) is 9.60. The Kier molecular flexibility index (Phi) is 7.15. The van der Waals surface area contributed by atoms with Gasteiger partial charge in [-0.05, 0) is 61.2 Å². The fourth-order valence-corrected chi connectivity index (χ4v) is 2.23. The molecule has 4 heteroatoms. The van der Waals surface area contributed by atoms with Crippen LogP contribution in [0.5, 0.6) is 17.2 Å². The second-order valence-electron chi connectivity index (χ2n) is 5.34. The van der Waals surface area contributed by atoms with Crippen molar-refractivity contribution in [1.29, 1.82) is 0 Å². The molecule has 0 bridgehead atoms. The molecule has 0 aliphatic rings. The Labute approximate surface area is 142 Å². The van der Waals surface area contributed by atoms with E-state index in [4.69, 9.17) is 14.2 Å². The van der Waals surface area contributed by atoms with Gasteiger partial charge in [0.05, 0.1) is 20.3 Å². The zero-order valence-corrected chi connectivity index (χ0v) is 14.0. The Morgan fingerprint density at radius 3 is 2.33 bits per heavy atom. The van der Waals surface area contributed by atoms with Crippen molar-refractivity contribution in [3.05, 3.63) is 66.5 Å². The highest BCUT2D eigenvalue weighted by molar-refractivity contribution is 5.43. The van der Waals surface area contributed by atoms with Crippen molar-refractivity contribution in [2.45, 2.75) is 19.3 Å². The quantitative estimate of drug-likeness (QED) is 0.462. The molecule has 0 heterocycles. The lowest BCUT2D eigenvalue weighted by Gasteiger charge is -2.12. The lowest BCUT2D eigenvalue weighted by atomic mass is 10.1. The zero-order valence-electron chi connectivity index (χ0n) is 14.0. The van der Waals surface area contributed by atoms with E-state index in [0.717, 1.165) is 36.3 Å². The molecule has 2 aromatic rings. The molecule has 0 amide bonds. The molecule has 0 fully saturated rings. The minimum absolute atomic E-state index is 0.260. The molecule has 0 aliphatic carbocycles. The van der Waals surface area contributed by atoms with Crippen LogP contribution >= 0.6 is 0 Å². The summed E-state index contributed by atoms with van der Waals surface area (Å²) in [6, 6.07) is 11.9. The number of hydrogen-bond donors (Lipinski definition) is 0. The maximum absolute atomic E-state index is 12.8. The van der Waals surface area contributed by atoms with Crippen LogP contribution in [0, 0.1) is 5.82 Å². The minimum Gasteiger partial charge on any atom is -0.494 e. The van der Waals surface area contributed by atoms with Crippen LogP contribution in [0.2, 0.25) is 0 Å². The highest BCUT2D eigenvalue weighted by Gasteiger charge is 2.05. The predicted molar refractivity (Wildman–Crippen MR) is 93.5 cm³/mol. The molecule has 0 aromatic heterocycles. The third-order valence-corrected chi connectivity index (χ3v) is 3.49. The summed E-state index contributed by atoms with van der Waals surface area (Å²) >= 11 is 0. The monoisotopic (exact) mass is 330 g/mol. The standard InChI is InChI=1S/C20H23FO3/c1-3-6-16-7-12-19(20(15-16)22-2)24-14-5-4-13-23-18-10-8-17(21)9-11-18/h3,7-12,15H,1,4-6,13-14H2,2H3. The number of rotatable bonds is 10. The van der Waals surface area contributed by atoms with Crippen molar-refractivity contribution in [2.24, 2.45) is 0 Å². The molecule has 0 unspecified atom stereocenters. The van der Waals surface area contributed by atoms with Gasteiger partial charge in [0.15, 0.2) is 11.5 Å². The number of ether oxygens (including phenoxy) is 3. The predicted octanol–water partition coefficient (Wildman–Crippen LogP) is 4.80. The van der Waals surface area contributed by atoms with Crippen LogP contribution in [0.4, 0.5) is 4.39 Å². The summed E-state index contributed by atoms with van der Waals surface area (Å²) < 4.78 is 29.5. The molecule has 0 saturated carbocycles. The number of allylic oxidation sites excluding steroid dienone is 1. The normalized spacial score (nSPS) is 10.2. The summed E-state index contributed by atoms with van der Waals surface area (Å²) in [4.78, 5) is 0. The van der Waals surface area contributed by atoms with Crippen LogP contribution < -0.4 is 14.2 Å². The highest BCUT2D eigenvalue weighted by Crippen LogP contribution is 2.28. The Hall–Kier alpha value is -2.49. The highest BCUT2D eigenvalue weighted by atomic mass is 19.1. The summed E-state index contributed by atoms with van der Waals surface area (Å²) in [6.45, 7) is 4.90. The summed E-state index contributed by atoms with van der Waals surface area (Å²) in [6.07, 6.45) is 4.38. The summed E-state index contributed by atoms with van der Waals surface area (Å²) in [5.74, 6) is 1.89. The summed E-state index contributed by atoms with van der Waals surface area (Å²) in [7, 11) is 1.64. The largest absolute Gasteiger partial charge is 0.494 e. The number of benzene rings is 2. The molecule has 0 N–H and O–H groups in total. The van der Waals surface area contributed by atoms with Crippen LogP contribution in [0.1, 0.15) is 18.4 Å². The van der Waals surface area contributed by atoms with Crippen LogP contribution in [-0.4, -0.2) is 20.3 Å².